The monoisotopic (exact) mass is 398 g/mol. The lowest BCUT2D eigenvalue weighted by Gasteiger charge is -2.33. The second-order valence-electron chi connectivity index (χ2n) is 8.65. The molecule has 4 rings (SSSR count). The molecular weight excluding hydrogens is 367 g/mol. The molecule has 30 heavy (non-hydrogen) atoms. The van der Waals surface area contributed by atoms with Gasteiger partial charge in [0.15, 0.2) is 0 Å². The second-order valence-corrected chi connectivity index (χ2v) is 8.65. The van der Waals surface area contributed by atoms with Crippen molar-refractivity contribution >= 4 is 10.8 Å². The van der Waals surface area contributed by atoms with Crippen LogP contribution in [0, 0.1) is 23.6 Å². The van der Waals surface area contributed by atoms with Crippen LogP contribution in [0.2, 0.25) is 0 Å². The fourth-order valence-electron chi connectivity index (χ4n) is 5.07. The summed E-state index contributed by atoms with van der Waals surface area (Å²) >= 11 is 0. The van der Waals surface area contributed by atoms with E-state index in [2.05, 4.69) is 55.2 Å². The molecule has 2 unspecified atom stereocenters. The van der Waals surface area contributed by atoms with Gasteiger partial charge in [0.25, 0.3) is 0 Å². The third kappa shape index (κ3) is 4.76. The Morgan fingerprint density at radius 2 is 1.67 bits per heavy atom. The summed E-state index contributed by atoms with van der Waals surface area (Å²) in [7, 11) is 0. The van der Waals surface area contributed by atoms with E-state index in [4.69, 9.17) is 0 Å². The smallest absolute Gasteiger partial charge is 0.123 e. The molecule has 1 heteroatoms. The van der Waals surface area contributed by atoms with Crippen LogP contribution in [0.4, 0.5) is 4.39 Å². The van der Waals surface area contributed by atoms with Gasteiger partial charge in [-0.1, -0.05) is 81.2 Å². The lowest BCUT2D eigenvalue weighted by Crippen LogP contribution is -2.19. The molecule has 1 aliphatic rings. The van der Waals surface area contributed by atoms with Gasteiger partial charge in [-0.25, -0.2) is 4.39 Å². The third-order valence-electron chi connectivity index (χ3n) is 6.61. The van der Waals surface area contributed by atoms with Gasteiger partial charge in [0, 0.05) is 11.1 Å². The summed E-state index contributed by atoms with van der Waals surface area (Å²) in [4.78, 5) is 0. The first kappa shape index (κ1) is 20.7. The van der Waals surface area contributed by atoms with Gasteiger partial charge >= 0.3 is 0 Å². The summed E-state index contributed by atoms with van der Waals surface area (Å²) in [5.41, 5.74) is 3.45. The molecule has 154 valence electrons. The Hall–Kier alpha value is -2.59. The summed E-state index contributed by atoms with van der Waals surface area (Å²) in [6.45, 7) is 2.28. The zero-order chi connectivity index (χ0) is 20.8. The average molecular weight is 399 g/mol. The number of hydrogen-bond donors (Lipinski definition) is 0. The molecule has 0 aromatic heterocycles. The van der Waals surface area contributed by atoms with Gasteiger partial charge in [-0.15, -0.1) is 0 Å². The summed E-state index contributed by atoms with van der Waals surface area (Å²) in [6.07, 6.45) is 10.5. The Kier molecular flexibility index (Phi) is 6.85. The average Bonchev–Trinajstić information content (AvgIpc) is 2.79. The molecule has 2 atom stereocenters. The zero-order valence-electron chi connectivity index (χ0n) is 18.0. The fourth-order valence-corrected chi connectivity index (χ4v) is 5.07. The van der Waals surface area contributed by atoms with Crippen LogP contribution >= 0.6 is 0 Å². The van der Waals surface area contributed by atoms with Crippen molar-refractivity contribution in [2.24, 2.45) is 5.92 Å². The van der Waals surface area contributed by atoms with Crippen molar-refractivity contribution in [2.45, 2.75) is 64.2 Å². The van der Waals surface area contributed by atoms with Crippen LogP contribution in [0.15, 0.2) is 60.7 Å². The zero-order valence-corrected chi connectivity index (χ0v) is 18.0. The molecule has 1 aliphatic carbocycles. The minimum Gasteiger partial charge on any atom is -0.207 e. The summed E-state index contributed by atoms with van der Waals surface area (Å²) < 4.78 is 13.3. The van der Waals surface area contributed by atoms with Gasteiger partial charge in [-0.2, -0.15) is 0 Å². The maximum Gasteiger partial charge on any atom is 0.123 e. The minimum absolute atomic E-state index is 0.218. The van der Waals surface area contributed by atoms with E-state index in [9.17, 15) is 4.39 Å². The predicted molar refractivity (Wildman–Crippen MR) is 125 cm³/mol. The minimum atomic E-state index is -0.218. The topological polar surface area (TPSA) is 0 Å². The Morgan fingerprint density at radius 3 is 2.50 bits per heavy atom. The molecule has 0 saturated heterocycles. The van der Waals surface area contributed by atoms with Gasteiger partial charge in [0.1, 0.15) is 5.82 Å². The largest absolute Gasteiger partial charge is 0.207 e. The van der Waals surface area contributed by atoms with Crippen molar-refractivity contribution in [1.82, 2.24) is 0 Å². The van der Waals surface area contributed by atoms with Gasteiger partial charge in [0.2, 0.25) is 0 Å². The molecule has 0 spiro atoms. The first-order chi connectivity index (χ1) is 14.8. The molecule has 1 saturated carbocycles. The number of hydrogen-bond acceptors (Lipinski definition) is 0. The highest BCUT2D eigenvalue weighted by Gasteiger charge is 2.28. The van der Waals surface area contributed by atoms with Crippen LogP contribution in [0.1, 0.15) is 80.9 Å². The molecule has 0 radical (unpaired) electrons. The Labute approximate surface area is 180 Å². The first-order valence-corrected chi connectivity index (χ1v) is 11.6. The third-order valence-corrected chi connectivity index (χ3v) is 6.61. The van der Waals surface area contributed by atoms with Crippen molar-refractivity contribution < 1.29 is 4.39 Å². The predicted octanol–water partition coefficient (Wildman–Crippen LogP) is 8.23. The summed E-state index contributed by atoms with van der Waals surface area (Å²) in [6, 6.07) is 19.6. The van der Waals surface area contributed by atoms with Gasteiger partial charge in [0.05, 0.1) is 0 Å². The molecule has 0 N–H and O–H groups in total. The van der Waals surface area contributed by atoms with Crippen LogP contribution in [0.5, 0.6) is 0 Å². The van der Waals surface area contributed by atoms with Crippen LogP contribution in [0.25, 0.3) is 10.8 Å². The molecule has 0 amide bonds. The van der Waals surface area contributed by atoms with E-state index in [-0.39, 0.29) is 5.82 Å². The number of unbranched alkanes of at least 4 members (excludes halogenated alkanes) is 2. The molecule has 3 aromatic rings. The van der Waals surface area contributed by atoms with Gasteiger partial charge in [-0.3, -0.25) is 0 Å². The molecule has 1 fully saturated rings. The Morgan fingerprint density at radius 1 is 0.867 bits per heavy atom. The summed E-state index contributed by atoms with van der Waals surface area (Å²) in [5.74, 6) is 7.85. The Balaban J connectivity index is 1.76. The highest BCUT2D eigenvalue weighted by molar-refractivity contribution is 5.88. The molecule has 0 heterocycles. The van der Waals surface area contributed by atoms with Crippen molar-refractivity contribution in [3.05, 3.63) is 83.2 Å². The molecule has 0 aliphatic heterocycles. The van der Waals surface area contributed by atoms with E-state index in [1.165, 1.54) is 79.8 Å². The van der Waals surface area contributed by atoms with E-state index >= 15 is 0 Å². The lowest BCUT2D eigenvalue weighted by molar-refractivity contribution is 0.284. The first-order valence-electron chi connectivity index (χ1n) is 11.6. The highest BCUT2D eigenvalue weighted by Crippen LogP contribution is 2.44. The van der Waals surface area contributed by atoms with Crippen molar-refractivity contribution in [3.8, 4) is 11.8 Å². The van der Waals surface area contributed by atoms with Crippen molar-refractivity contribution in [3.63, 3.8) is 0 Å². The fraction of sp³-hybridized carbons (Fsp3) is 0.379. The second kappa shape index (κ2) is 9.94. The molecular formula is C29H31F. The summed E-state index contributed by atoms with van der Waals surface area (Å²) in [5, 5.41) is 2.66. The van der Waals surface area contributed by atoms with E-state index in [1.54, 1.807) is 12.1 Å². The Bertz CT molecular complexity index is 1040. The maximum absolute atomic E-state index is 13.3. The quantitative estimate of drug-likeness (QED) is 0.300. The number of halogens is 1. The van der Waals surface area contributed by atoms with E-state index < -0.39 is 0 Å². The van der Waals surface area contributed by atoms with Crippen molar-refractivity contribution in [2.75, 3.05) is 0 Å². The molecule has 3 aromatic carbocycles. The van der Waals surface area contributed by atoms with Crippen LogP contribution in [0.3, 0.4) is 0 Å². The van der Waals surface area contributed by atoms with E-state index in [0.29, 0.717) is 5.92 Å². The normalized spacial score (nSPS) is 18.7. The van der Waals surface area contributed by atoms with Crippen LogP contribution in [-0.2, 0) is 0 Å². The maximum atomic E-state index is 13.3. The van der Waals surface area contributed by atoms with Gasteiger partial charge in [-0.05, 0) is 77.8 Å². The molecule has 0 nitrogen and oxygen atoms in total. The van der Waals surface area contributed by atoms with Gasteiger partial charge < -0.3 is 0 Å². The van der Waals surface area contributed by atoms with Crippen LogP contribution < -0.4 is 0 Å². The molecule has 0 bridgehead atoms. The number of rotatable bonds is 5. The van der Waals surface area contributed by atoms with Crippen LogP contribution in [-0.4, -0.2) is 0 Å². The van der Waals surface area contributed by atoms with E-state index in [1.807, 2.05) is 0 Å². The van der Waals surface area contributed by atoms with Crippen molar-refractivity contribution in [1.29, 1.82) is 0 Å². The SMILES string of the molecule is CCCCCC1CCCCC1c1c(C#Cc2ccc(F)cc2)ccc2ccccc12. The number of benzene rings is 3. The lowest BCUT2D eigenvalue weighted by atomic mass is 9.71. The standard InChI is InChI=1S/C29H31F/c1-2-3-4-9-23-10-5-7-12-27(23)29-25(17-14-22-15-20-26(30)21-16-22)19-18-24-11-6-8-13-28(24)29/h6,8,11,13,15-16,18-21,23,27H,2-5,7,9-10,12H2,1H3. The highest BCUT2D eigenvalue weighted by atomic mass is 19.1. The number of fused-ring (bicyclic) bond motifs is 1. The van der Waals surface area contributed by atoms with E-state index in [0.717, 1.165) is 17.0 Å².